The van der Waals surface area contributed by atoms with Gasteiger partial charge in [0, 0.05) is 30.6 Å². The lowest BCUT2D eigenvalue weighted by Crippen LogP contribution is -2.48. The van der Waals surface area contributed by atoms with Crippen LogP contribution in [0.25, 0.3) is 0 Å². The molecule has 0 bridgehead atoms. The van der Waals surface area contributed by atoms with E-state index in [4.69, 9.17) is 0 Å². The first-order chi connectivity index (χ1) is 16.5. The largest absolute Gasteiger partial charge is 0.314 e. The average molecular weight is 457 g/mol. The highest BCUT2D eigenvalue weighted by Gasteiger charge is 2.54. The van der Waals surface area contributed by atoms with E-state index in [0.29, 0.717) is 19.5 Å². The molecule has 2 heterocycles. The number of allylic oxidation sites excluding steroid dienone is 5. The Balaban J connectivity index is 0.000000396. The molecule has 4 rings (SSSR count). The van der Waals surface area contributed by atoms with E-state index < -0.39 is 5.66 Å². The van der Waals surface area contributed by atoms with Crippen molar-refractivity contribution >= 4 is 11.8 Å². The smallest absolute Gasteiger partial charge is 0.256 e. The predicted octanol–water partition coefficient (Wildman–Crippen LogP) is 6.40. The van der Waals surface area contributed by atoms with Crippen molar-refractivity contribution in [2.75, 3.05) is 13.1 Å². The molecule has 0 radical (unpaired) electrons. The van der Waals surface area contributed by atoms with E-state index in [1.165, 1.54) is 5.56 Å². The zero-order valence-electron chi connectivity index (χ0n) is 20.5. The second kappa shape index (κ2) is 12.2. The van der Waals surface area contributed by atoms with Crippen LogP contribution in [-0.2, 0) is 10.5 Å². The lowest BCUT2D eigenvalue weighted by Gasteiger charge is -2.36. The average Bonchev–Trinajstić information content (AvgIpc) is 3.31. The molecule has 1 unspecified atom stereocenters. The third-order valence-corrected chi connectivity index (χ3v) is 6.51. The summed E-state index contributed by atoms with van der Waals surface area (Å²) in [6, 6.07) is 17.9. The number of hydrogen-bond acceptors (Lipinski definition) is 2. The van der Waals surface area contributed by atoms with Crippen LogP contribution in [0.15, 0.2) is 91.6 Å². The van der Waals surface area contributed by atoms with Crippen LogP contribution in [0.2, 0.25) is 0 Å². The fraction of sp³-hybridized carbons (Fsp3) is 0.333. The van der Waals surface area contributed by atoms with Crippen molar-refractivity contribution in [1.82, 2.24) is 9.80 Å². The topological polar surface area (TPSA) is 40.6 Å². The van der Waals surface area contributed by atoms with Gasteiger partial charge >= 0.3 is 0 Å². The molecule has 178 valence electrons. The van der Waals surface area contributed by atoms with Gasteiger partial charge in [0.1, 0.15) is 5.66 Å². The summed E-state index contributed by atoms with van der Waals surface area (Å²) < 4.78 is 0. The molecule has 1 atom stereocenters. The SMILES string of the molecule is C=C/C=C\C=C/CCCCCC(=O)N1CCN2C(=O)c3ccccc3C12C.Cc1ccccc1. The molecule has 34 heavy (non-hydrogen) atoms. The van der Waals surface area contributed by atoms with Gasteiger partial charge in [-0.15, -0.1) is 0 Å². The highest BCUT2D eigenvalue weighted by atomic mass is 16.2. The van der Waals surface area contributed by atoms with E-state index in [1.807, 2.05) is 77.4 Å². The minimum atomic E-state index is -0.620. The fourth-order valence-corrected chi connectivity index (χ4v) is 4.67. The lowest BCUT2D eigenvalue weighted by atomic mass is 9.98. The van der Waals surface area contributed by atoms with Crippen molar-refractivity contribution in [3.63, 3.8) is 0 Å². The summed E-state index contributed by atoms with van der Waals surface area (Å²) in [7, 11) is 0. The van der Waals surface area contributed by atoms with E-state index >= 15 is 0 Å². The van der Waals surface area contributed by atoms with Crippen LogP contribution >= 0.6 is 0 Å². The van der Waals surface area contributed by atoms with Crippen molar-refractivity contribution in [3.05, 3.63) is 108 Å². The van der Waals surface area contributed by atoms with Crippen LogP contribution in [0.3, 0.4) is 0 Å². The Labute approximate surface area is 204 Å². The molecule has 0 spiro atoms. The van der Waals surface area contributed by atoms with Crippen LogP contribution in [0.4, 0.5) is 0 Å². The Morgan fingerprint density at radius 2 is 1.71 bits per heavy atom. The quantitative estimate of drug-likeness (QED) is 0.341. The molecule has 2 aromatic rings. The molecule has 2 amide bonds. The van der Waals surface area contributed by atoms with Crippen molar-refractivity contribution in [1.29, 1.82) is 0 Å². The Morgan fingerprint density at radius 3 is 2.41 bits per heavy atom. The highest BCUT2D eigenvalue weighted by Crippen LogP contribution is 2.44. The van der Waals surface area contributed by atoms with Crippen molar-refractivity contribution < 1.29 is 9.59 Å². The third-order valence-electron chi connectivity index (χ3n) is 6.51. The molecule has 0 saturated carbocycles. The molecule has 0 N–H and O–H groups in total. The van der Waals surface area contributed by atoms with Gasteiger partial charge in [0.15, 0.2) is 0 Å². The standard InChI is InChI=1S/C23H28N2O2.C7H8/c1-3-4-5-6-7-8-9-10-11-16-21(26)24-17-18-25-22(27)19-14-12-13-15-20(19)23(24,25)2;1-7-5-3-2-4-6-7/h3-7,12-15H,1,8-11,16-18H2,2H3;2-6H,1H3/b5-4-,7-6-;. The molecule has 1 saturated heterocycles. The Morgan fingerprint density at radius 1 is 0.971 bits per heavy atom. The number of aryl methyl sites for hydroxylation is 1. The third kappa shape index (κ3) is 5.74. The molecular formula is C30H36N2O2. The van der Waals surface area contributed by atoms with Gasteiger partial charge in [-0.1, -0.05) is 97.5 Å². The molecule has 2 aromatic carbocycles. The van der Waals surface area contributed by atoms with Gasteiger partial charge in [0.2, 0.25) is 5.91 Å². The van der Waals surface area contributed by atoms with E-state index in [-0.39, 0.29) is 11.8 Å². The minimum absolute atomic E-state index is 0.0423. The van der Waals surface area contributed by atoms with Gasteiger partial charge < -0.3 is 9.80 Å². The number of nitrogens with zero attached hydrogens (tertiary/aromatic N) is 2. The van der Waals surface area contributed by atoms with Crippen LogP contribution in [0.1, 0.15) is 60.5 Å². The van der Waals surface area contributed by atoms with Gasteiger partial charge in [-0.3, -0.25) is 9.59 Å². The van der Waals surface area contributed by atoms with Crippen LogP contribution in [-0.4, -0.2) is 34.7 Å². The molecular weight excluding hydrogens is 420 g/mol. The first-order valence-electron chi connectivity index (χ1n) is 12.2. The molecule has 0 aromatic heterocycles. The summed E-state index contributed by atoms with van der Waals surface area (Å²) >= 11 is 0. The first kappa shape index (κ1) is 25.2. The second-order valence-corrected chi connectivity index (χ2v) is 8.87. The molecule has 4 heteroatoms. The maximum Gasteiger partial charge on any atom is 0.256 e. The van der Waals surface area contributed by atoms with Crippen LogP contribution in [0.5, 0.6) is 0 Å². The van der Waals surface area contributed by atoms with Crippen LogP contribution in [0, 0.1) is 6.92 Å². The van der Waals surface area contributed by atoms with Crippen molar-refractivity contribution in [2.45, 2.75) is 51.6 Å². The zero-order chi connectivity index (χ0) is 24.4. The Hall–Kier alpha value is -3.40. The molecule has 1 fully saturated rings. The fourth-order valence-electron chi connectivity index (χ4n) is 4.67. The van der Waals surface area contributed by atoms with Crippen LogP contribution < -0.4 is 0 Å². The van der Waals surface area contributed by atoms with E-state index in [2.05, 4.69) is 31.7 Å². The molecule has 0 aliphatic carbocycles. The summed E-state index contributed by atoms with van der Waals surface area (Å²) in [6.45, 7) is 8.95. The van der Waals surface area contributed by atoms with Crippen molar-refractivity contribution in [2.24, 2.45) is 0 Å². The van der Waals surface area contributed by atoms with Gasteiger partial charge in [-0.05, 0) is 39.2 Å². The summed E-state index contributed by atoms with van der Waals surface area (Å²) in [5.74, 6) is 0.189. The predicted molar refractivity (Wildman–Crippen MR) is 139 cm³/mol. The number of carbonyl (C=O) groups is 2. The summed E-state index contributed by atoms with van der Waals surface area (Å²) in [6.07, 6.45) is 14.4. The minimum Gasteiger partial charge on any atom is -0.314 e. The number of unbranched alkanes of at least 4 members (excludes halogenated alkanes) is 3. The van der Waals surface area contributed by atoms with Gasteiger partial charge in [-0.2, -0.15) is 0 Å². The van der Waals surface area contributed by atoms with Gasteiger partial charge in [-0.25, -0.2) is 0 Å². The maximum absolute atomic E-state index is 12.9. The zero-order valence-corrected chi connectivity index (χ0v) is 20.5. The second-order valence-electron chi connectivity index (χ2n) is 8.87. The maximum atomic E-state index is 12.9. The number of hydrogen-bond donors (Lipinski definition) is 0. The van der Waals surface area contributed by atoms with E-state index in [1.54, 1.807) is 6.08 Å². The van der Waals surface area contributed by atoms with E-state index in [9.17, 15) is 9.59 Å². The van der Waals surface area contributed by atoms with Gasteiger partial charge in [0.25, 0.3) is 5.91 Å². The van der Waals surface area contributed by atoms with E-state index in [0.717, 1.165) is 36.8 Å². The molecule has 4 nitrogen and oxygen atoms in total. The summed E-state index contributed by atoms with van der Waals surface area (Å²) in [5, 5.41) is 0. The van der Waals surface area contributed by atoms with Gasteiger partial charge in [0.05, 0.1) is 0 Å². The Kier molecular flexibility index (Phi) is 9.03. The summed E-state index contributed by atoms with van der Waals surface area (Å²) in [5.41, 5.74) is 2.39. The normalized spacial score (nSPS) is 18.7. The molecule has 2 aliphatic heterocycles. The Bertz CT molecular complexity index is 1040. The number of carbonyl (C=O) groups excluding carboxylic acids is 2. The molecule has 2 aliphatic rings. The highest BCUT2D eigenvalue weighted by molar-refractivity contribution is 6.01. The summed E-state index contributed by atoms with van der Waals surface area (Å²) in [4.78, 5) is 29.3. The first-order valence-corrected chi connectivity index (χ1v) is 12.2. The van der Waals surface area contributed by atoms with Crippen molar-refractivity contribution in [3.8, 4) is 0 Å². The number of rotatable bonds is 8. The lowest BCUT2D eigenvalue weighted by molar-refractivity contribution is -0.137. The number of amides is 2. The number of benzene rings is 2. The monoisotopic (exact) mass is 456 g/mol. The number of fused-ring (bicyclic) bond motifs is 3.